The average molecular weight is 192 g/mol. The third kappa shape index (κ3) is 2.13. The third-order valence-corrected chi connectivity index (χ3v) is 2.67. The fourth-order valence-electron chi connectivity index (χ4n) is 1.44. The number of hydrogen-bond acceptors (Lipinski definition) is 4. The van der Waals surface area contributed by atoms with Crippen LogP contribution < -0.4 is 11.1 Å². The highest BCUT2D eigenvalue weighted by molar-refractivity contribution is 5.53. The minimum Gasteiger partial charge on any atom is -0.383 e. The van der Waals surface area contributed by atoms with E-state index in [1.807, 2.05) is 6.92 Å². The molecule has 2 rings (SSSR count). The second-order valence-electron chi connectivity index (χ2n) is 3.89. The van der Waals surface area contributed by atoms with E-state index in [4.69, 9.17) is 5.73 Å². The summed E-state index contributed by atoms with van der Waals surface area (Å²) in [7, 11) is 0. The molecule has 0 aliphatic heterocycles. The SMILES string of the molecule is Cc1c(N)ncnc1NCCC1CC1. The summed E-state index contributed by atoms with van der Waals surface area (Å²) in [5.41, 5.74) is 6.62. The lowest BCUT2D eigenvalue weighted by molar-refractivity contribution is 0.757. The van der Waals surface area contributed by atoms with Crippen LogP contribution in [-0.4, -0.2) is 16.5 Å². The Morgan fingerprint density at radius 3 is 3.00 bits per heavy atom. The lowest BCUT2D eigenvalue weighted by atomic mass is 10.2. The first-order valence-electron chi connectivity index (χ1n) is 5.08. The lowest BCUT2D eigenvalue weighted by Gasteiger charge is -2.08. The van der Waals surface area contributed by atoms with Crippen molar-refractivity contribution in [3.8, 4) is 0 Å². The van der Waals surface area contributed by atoms with E-state index in [9.17, 15) is 0 Å². The fraction of sp³-hybridized carbons (Fsp3) is 0.600. The summed E-state index contributed by atoms with van der Waals surface area (Å²) in [6.45, 7) is 2.93. The summed E-state index contributed by atoms with van der Waals surface area (Å²) in [4.78, 5) is 8.08. The number of nitrogens with zero attached hydrogens (tertiary/aromatic N) is 2. The van der Waals surface area contributed by atoms with Gasteiger partial charge in [-0.25, -0.2) is 9.97 Å². The summed E-state index contributed by atoms with van der Waals surface area (Å²) < 4.78 is 0. The monoisotopic (exact) mass is 192 g/mol. The van der Waals surface area contributed by atoms with Gasteiger partial charge in [-0.3, -0.25) is 0 Å². The molecule has 1 aromatic heterocycles. The molecule has 0 amide bonds. The van der Waals surface area contributed by atoms with Crippen molar-refractivity contribution < 1.29 is 0 Å². The van der Waals surface area contributed by atoms with Gasteiger partial charge < -0.3 is 11.1 Å². The number of rotatable bonds is 4. The zero-order valence-corrected chi connectivity index (χ0v) is 8.45. The van der Waals surface area contributed by atoms with E-state index in [2.05, 4.69) is 15.3 Å². The molecule has 0 radical (unpaired) electrons. The highest BCUT2D eigenvalue weighted by Gasteiger charge is 2.20. The standard InChI is InChI=1S/C10H16N4/c1-7-9(11)13-6-14-10(7)12-5-4-8-2-3-8/h6,8H,2-5H2,1H3,(H3,11,12,13,14). The molecule has 1 aliphatic carbocycles. The van der Waals surface area contributed by atoms with Crippen LogP contribution in [0.15, 0.2) is 6.33 Å². The molecule has 3 N–H and O–H groups in total. The van der Waals surface area contributed by atoms with Crippen LogP contribution in [0.25, 0.3) is 0 Å². The van der Waals surface area contributed by atoms with Crippen molar-refractivity contribution in [3.63, 3.8) is 0 Å². The Hall–Kier alpha value is -1.32. The molecule has 0 aromatic carbocycles. The van der Waals surface area contributed by atoms with Gasteiger partial charge in [0.1, 0.15) is 18.0 Å². The first kappa shape index (κ1) is 9.24. The first-order chi connectivity index (χ1) is 6.77. The quantitative estimate of drug-likeness (QED) is 0.760. The highest BCUT2D eigenvalue weighted by Crippen LogP contribution is 2.32. The second-order valence-corrected chi connectivity index (χ2v) is 3.89. The molecule has 1 heterocycles. The Morgan fingerprint density at radius 2 is 2.29 bits per heavy atom. The summed E-state index contributed by atoms with van der Waals surface area (Å²) in [6.07, 6.45) is 5.53. The van der Waals surface area contributed by atoms with Gasteiger partial charge in [0.15, 0.2) is 0 Å². The topological polar surface area (TPSA) is 63.8 Å². The van der Waals surface area contributed by atoms with E-state index in [0.29, 0.717) is 5.82 Å². The maximum Gasteiger partial charge on any atom is 0.134 e. The number of nitrogen functional groups attached to an aromatic ring is 1. The van der Waals surface area contributed by atoms with Crippen LogP contribution in [0.2, 0.25) is 0 Å². The van der Waals surface area contributed by atoms with Crippen molar-refractivity contribution in [2.75, 3.05) is 17.6 Å². The number of nitrogens with one attached hydrogen (secondary N) is 1. The molecule has 4 nitrogen and oxygen atoms in total. The van der Waals surface area contributed by atoms with Gasteiger partial charge in [0, 0.05) is 12.1 Å². The molecular formula is C10H16N4. The summed E-state index contributed by atoms with van der Waals surface area (Å²) >= 11 is 0. The van der Waals surface area contributed by atoms with Crippen LogP contribution in [0.4, 0.5) is 11.6 Å². The zero-order valence-electron chi connectivity index (χ0n) is 8.45. The van der Waals surface area contributed by atoms with Crippen LogP contribution >= 0.6 is 0 Å². The molecule has 1 aromatic rings. The molecule has 4 heteroatoms. The molecule has 0 spiro atoms. The predicted molar refractivity (Wildman–Crippen MR) is 57.0 cm³/mol. The Labute approximate surface area is 83.9 Å². The van der Waals surface area contributed by atoms with E-state index >= 15 is 0 Å². The minimum atomic E-state index is 0.564. The van der Waals surface area contributed by atoms with Crippen LogP contribution in [0.1, 0.15) is 24.8 Å². The Morgan fingerprint density at radius 1 is 1.50 bits per heavy atom. The van der Waals surface area contributed by atoms with Crippen LogP contribution in [0.3, 0.4) is 0 Å². The van der Waals surface area contributed by atoms with Crippen LogP contribution in [0.5, 0.6) is 0 Å². The molecule has 76 valence electrons. The molecular weight excluding hydrogens is 176 g/mol. The van der Waals surface area contributed by atoms with Crippen LogP contribution in [0, 0.1) is 12.8 Å². The van der Waals surface area contributed by atoms with Crippen molar-refractivity contribution in [2.24, 2.45) is 5.92 Å². The van der Waals surface area contributed by atoms with E-state index < -0.39 is 0 Å². The van der Waals surface area contributed by atoms with Gasteiger partial charge in [-0.05, 0) is 19.3 Å². The number of anilines is 2. The van der Waals surface area contributed by atoms with Crippen molar-refractivity contribution in [1.82, 2.24) is 9.97 Å². The van der Waals surface area contributed by atoms with E-state index in [0.717, 1.165) is 23.8 Å². The molecule has 0 saturated heterocycles. The zero-order chi connectivity index (χ0) is 9.97. The Kier molecular flexibility index (Phi) is 2.52. The van der Waals surface area contributed by atoms with Crippen molar-refractivity contribution >= 4 is 11.6 Å². The smallest absolute Gasteiger partial charge is 0.134 e. The fourth-order valence-corrected chi connectivity index (χ4v) is 1.44. The summed E-state index contributed by atoms with van der Waals surface area (Å²) in [5.74, 6) is 2.38. The van der Waals surface area contributed by atoms with Gasteiger partial charge in [0.2, 0.25) is 0 Å². The van der Waals surface area contributed by atoms with Gasteiger partial charge >= 0.3 is 0 Å². The second kappa shape index (κ2) is 3.82. The molecule has 1 saturated carbocycles. The normalized spacial score (nSPS) is 15.5. The van der Waals surface area contributed by atoms with E-state index in [1.165, 1.54) is 25.6 Å². The van der Waals surface area contributed by atoms with Gasteiger partial charge in [0.05, 0.1) is 0 Å². The molecule has 14 heavy (non-hydrogen) atoms. The summed E-state index contributed by atoms with van der Waals surface area (Å²) in [6, 6.07) is 0. The minimum absolute atomic E-state index is 0.564. The van der Waals surface area contributed by atoms with E-state index in [-0.39, 0.29) is 0 Å². The maximum atomic E-state index is 5.67. The van der Waals surface area contributed by atoms with Crippen molar-refractivity contribution in [3.05, 3.63) is 11.9 Å². The predicted octanol–water partition coefficient (Wildman–Crippen LogP) is 1.58. The average Bonchev–Trinajstić information content (AvgIpc) is 2.96. The number of nitrogens with two attached hydrogens (primary N) is 1. The molecule has 0 atom stereocenters. The van der Waals surface area contributed by atoms with Gasteiger partial charge in [-0.15, -0.1) is 0 Å². The first-order valence-corrected chi connectivity index (χ1v) is 5.08. The van der Waals surface area contributed by atoms with Crippen molar-refractivity contribution in [1.29, 1.82) is 0 Å². The molecule has 0 bridgehead atoms. The van der Waals surface area contributed by atoms with E-state index in [1.54, 1.807) is 0 Å². The van der Waals surface area contributed by atoms with Gasteiger partial charge in [-0.2, -0.15) is 0 Å². The number of hydrogen-bond donors (Lipinski definition) is 2. The lowest BCUT2D eigenvalue weighted by Crippen LogP contribution is -2.07. The van der Waals surface area contributed by atoms with Crippen molar-refractivity contribution in [2.45, 2.75) is 26.2 Å². The molecule has 1 aliphatic rings. The summed E-state index contributed by atoms with van der Waals surface area (Å²) in [5, 5.41) is 3.29. The Bertz CT molecular complexity index is 320. The third-order valence-electron chi connectivity index (χ3n) is 2.67. The maximum absolute atomic E-state index is 5.67. The van der Waals surface area contributed by atoms with Crippen LogP contribution in [-0.2, 0) is 0 Å². The largest absolute Gasteiger partial charge is 0.383 e. The molecule has 1 fully saturated rings. The molecule has 0 unspecified atom stereocenters. The highest BCUT2D eigenvalue weighted by atomic mass is 15.0. The van der Waals surface area contributed by atoms with Gasteiger partial charge in [-0.1, -0.05) is 12.8 Å². The Balaban J connectivity index is 1.90. The number of aromatic nitrogens is 2. The van der Waals surface area contributed by atoms with Gasteiger partial charge in [0.25, 0.3) is 0 Å².